The number of thiazole rings is 1. The van der Waals surface area contributed by atoms with Crippen LogP contribution in [0, 0.1) is 0 Å². The van der Waals surface area contributed by atoms with E-state index < -0.39 is 0 Å². The highest BCUT2D eigenvalue weighted by molar-refractivity contribution is 7.80. The number of ether oxygens (including phenoxy) is 1. The van der Waals surface area contributed by atoms with Crippen LogP contribution in [-0.4, -0.2) is 49.7 Å². The highest BCUT2D eigenvalue weighted by atomic mass is 32.1. The van der Waals surface area contributed by atoms with Crippen LogP contribution >= 0.6 is 23.6 Å². The first-order valence-corrected chi connectivity index (χ1v) is 7.70. The Labute approximate surface area is 129 Å². The summed E-state index contributed by atoms with van der Waals surface area (Å²) in [6.07, 6.45) is 3.53. The lowest BCUT2D eigenvalue weighted by atomic mass is 10.6. The number of hydrogen-bond acceptors (Lipinski definition) is 6. The van der Waals surface area contributed by atoms with Crippen LogP contribution in [-0.2, 0) is 4.74 Å². The molecule has 0 fully saturated rings. The quantitative estimate of drug-likeness (QED) is 0.328. The predicted molar refractivity (Wildman–Crippen MR) is 88.9 cm³/mol. The Bertz CT molecular complexity index is 431. The van der Waals surface area contributed by atoms with Crippen molar-refractivity contribution in [3.63, 3.8) is 0 Å². The molecular weight excluding hydrogens is 294 g/mol. The summed E-state index contributed by atoms with van der Waals surface area (Å²) in [4.78, 5) is 7.56. The van der Waals surface area contributed by atoms with E-state index in [0.29, 0.717) is 18.3 Å². The highest BCUT2D eigenvalue weighted by Crippen LogP contribution is 2.20. The molecule has 1 aromatic heterocycles. The summed E-state index contributed by atoms with van der Waals surface area (Å²) in [5, 5.41) is 8.54. The van der Waals surface area contributed by atoms with Gasteiger partial charge in [0.2, 0.25) is 0 Å². The van der Waals surface area contributed by atoms with Crippen LogP contribution in [0.25, 0.3) is 0 Å². The molecule has 0 spiro atoms. The monoisotopic (exact) mass is 315 g/mol. The molecule has 0 aliphatic rings. The Balaban J connectivity index is 2.40. The van der Waals surface area contributed by atoms with Crippen LogP contribution in [0.15, 0.2) is 11.3 Å². The predicted octanol–water partition coefficient (Wildman–Crippen LogP) is 1.43. The molecule has 0 aliphatic heterocycles. The normalized spacial score (nSPS) is 10.8. The summed E-state index contributed by atoms with van der Waals surface area (Å²) >= 11 is 6.66. The van der Waals surface area contributed by atoms with Crippen molar-refractivity contribution in [2.45, 2.75) is 13.8 Å². The molecule has 0 unspecified atom stereocenters. The summed E-state index contributed by atoms with van der Waals surface area (Å²) in [6.45, 7) is 7.39. The molecule has 0 aliphatic carbocycles. The molecule has 0 bridgehead atoms. The zero-order chi connectivity index (χ0) is 14.8. The third-order valence-corrected chi connectivity index (χ3v) is 3.72. The van der Waals surface area contributed by atoms with Gasteiger partial charge in [0.25, 0.3) is 0 Å². The van der Waals surface area contributed by atoms with Gasteiger partial charge in [-0.2, -0.15) is 5.10 Å². The number of aromatic nitrogens is 1. The zero-order valence-electron chi connectivity index (χ0n) is 12.0. The van der Waals surface area contributed by atoms with E-state index in [1.807, 2.05) is 6.20 Å². The van der Waals surface area contributed by atoms with E-state index in [1.165, 1.54) is 0 Å². The summed E-state index contributed by atoms with van der Waals surface area (Å²) in [5.41, 5.74) is 2.76. The molecule has 0 radical (unpaired) electrons. The minimum Gasteiger partial charge on any atom is -0.383 e. The number of nitrogens with one attached hydrogen (secondary N) is 2. The van der Waals surface area contributed by atoms with Crippen LogP contribution in [0.5, 0.6) is 0 Å². The van der Waals surface area contributed by atoms with E-state index in [-0.39, 0.29) is 0 Å². The minimum atomic E-state index is 0.479. The van der Waals surface area contributed by atoms with Gasteiger partial charge >= 0.3 is 0 Å². The first-order valence-electron chi connectivity index (χ1n) is 6.47. The number of hydrazone groups is 1. The Morgan fingerprint density at radius 1 is 1.55 bits per heavy atom. The topological polar surface area (TPSA) is 61.8 Å². The lowest BCUT2D eigenvalue weighted by Crippen LogP contribution is -2.34. The van der Waals surface area contributed by atoms with Gasteiger partial charge in [-0.15, -0.1) is 0 Å². The van der Waals surface area contributed by atoms with Crippen LogP contribution in [0.3, 0.4) is 0 Å². The molecule has 0 atom stereocenters. The number of methoxy groups -OCH3 is 1. The SMILES string of the molecule is CCN(CC)c1ncc(/C=N\NC(=S)NCCOC)s1. The van der Waals surface area contributed by atoms with Crippen LogP contribution in [0.1, 0.15) is 18.7 Å². The Hall–Kier alpha value is -1.25. The highest BCUT2D eigenvalue weighted by Gasteiger charge is 2.06. The lowest BCUT2D eigenvalue weighted by Gasteiger charge is -2.16. The first-order chi connectivity index (χ1) is 9.71. The summed E-state index contributed by atoms with van der Waals surface area (Å²) in [6, 6.07) is 0. The fraction of sp³-hybridized carbons (Fsp3) is 0.583. The van der Waals surface area contributed by atoms with Crippen molar-refractivity contribution >= 4 is 40.0 Å². The summed E-state index contributed by atoms with van der Waals surface area (Å²) in [7, 11) is 1.65. The lowest BCUT2D eigenvalue weighted by molar-refractivity contribution is 0.204. The van der Waals surface area contributed by atoms with Crippen molar-refractivity contribution in [3.8, 4) is 0 Å². The Morgan fingerprint density at radius 3 is 2.95 bits per heavy atom. The maximum atomic E-state index is 5.06. The fourth-order valence-corrected chi connectivity index (χ4v) is 2.51. The van der Waals surface area contributed by atoms with Crippen molar-refractivity contribution in [3.05, 3.63) is 11.1 Å². The van der Waals surface area contributed by atoms with Crippen molar-refractivity contribution in [1.29, 1.82) is 0 Å². The van der Waals surface area contributed by atoms with Crippen LogP contribution in [0.4, 0.5) is 5.13 Å². The molecule has 1 aromatic rings. The van der Waals surface area contributed by atoms with Gasteiger partial charge in [0.1, 0.15) is 0 Å². The van der Waals surface area contributed by atoms with Gasteiger partial charge in [0.05, 0.1) is 17.7 Å². The van der Waals surface area contributed by atoms with E-state index in [2.05, 4.69) is 39.6 Å². The zero-order valence-corrected chi connectivity index (χ0v) is 13.7. The maximum absolute atomic E-state index is 5.06. The molecule has 0 saturated heterocycles. The van der Waals surface area contributed by atoms with Gasteiger partial charge in [-0.25, -0.2) is 4.98 Å². The summed E-state index contributed by atoms with van der Waals surface area (Å²) in [5.74, 6) is 0. The van der Waals surface area contributed by atoms with Gasteiger partial charge in [-0.1, -0.05) is 11.3 Å². The molecule has 0 saturated carbocycles. The minimum absolute atomic E-state index is 0.479. The average Bonchev–Trinajstić information content (AvgIpc) is 2.89. The third-order valence-electron chi connectivity index (χ3n) is 2.49. The smallest absolute Gasteiger partial charge is 0.187 e. The first kappa shape index (κ1) is 16.8. The molecule has 112 valence electrons. The van der Waals surface area contributed by atoms with Gasteiger partial charge in [-0.05, 0) is 26.1 Å². The maximum Gasteiger partial charge on any atom is 0.187 e. The van der Waals surface area contributed by atoms with Crippen molar-refractivity contribution in [2.24, 2.45) is 5.10 Å². The second kappa shape index (κ2) is 9.62. The molecule has 1 heterocycles. The Kier molecular flexibility index (Phi) is 8.08. The molecule has 1 rings (SSSR count). The standard InChI is InChI=1S/C12H21N5OS2/c1-4-17(5-2)12-14-8-10(20-12)9-15-16-11(19)13-6-7-18-3/h8-9H,4-7H2,1-3H3,(H2,13,16,19)/b15-9-. The fourth-order valence-electron chi connectivity index (χ4n) is 1.44. The number of nitrogens with zero attached hydrogens (tertiary/aromatic N) is 3. The van der Waals surface area contributed by atoms with Crippen LogP contribution < -0.4 is 15.6 Å². The molecule has 8 heteroatoms. The Morgan fingerprint density at radius 2 is 2.30 bits per heavy atom. The number of anilines is 1. The van der Waals surface area contributed by atoms with E-state index in [0.717, 1.165) is 23.1 Å². The number of hydrogen-bond donors (Lipinski definition) is 2. The molecule has 20 heavy (non-hydrogen) atoms. The van der Waals surface area contributed by atoms with Gasteiger partial charge < -0.3 is 15.0 Å². The second-order valence-electron chi connectivity index (χ2n) is 3.84. The third kappa shape index (κ3) is 5.81. The van der Waals surface area contributed by atoms with E-state index in [4.69, 9.17) is 17.0 Å². The molecule has 6 nitrogen and oxygen atoms in total. The number of rotatable bonds is 8. The molecule has 0 amide bonds. The van der Waals surface area contributed by atoms with E-state index >= 15 is 0 Å². The van der Waals surface area contributed by atoms with Crippen molar-refractivity contribution in [1.82, 2.24) is 15.7 Å². The summed E-state index contributed by atoms with van der Waals surface area (Å²) < 4.78 is 4.91. The molecule has 2 N–H and O–H groups in total. The van der Waals surface area contributed by atoms with E-state index in [9.17, 15) is 0 Å². The molecule has 0 aromatic carbocycles. The number of thiocarbonyl (C=S) groups is 1. The second-order valence-corrected chi connectivity index (χ2v) is 5.29. The largest absolute Gasteiger partial charge is 0.383 e. The van der Waals surface area contributed by atoms with Gasteiger partial charge in [0.15, 0.2) is 10.2 Å². The van der Waals surface area contributed by atoms with Crippen LogP contribution in [0.2, 0.25) is 0 Å². The van der Waals surface area contributed by atoms with Gasteiger partial charge in [-0.3, -0.25) is 5.43 Å². The van der Waals surface area contributed by atoms with Crippen molar-refractivity contribution in [2.75, 3.05) is 38.3 Å². The average molecular weight is 315 g/mol. The van der Waals surface area contributed by atoms with E-state index in [1.54, 1.807) is 24.7 Å². The van der Waals surface area contributed by atoms with Gasteiger partial charge in [0, 0.05) is 32.9 Å². The molecular formula is C12H21N5OS2. The van der Waals surface area contributed by atoms with Crippen molar-refractivity contribution < 1.29 is 4.74 Å².